The molecule has 1 aliphatic carbocycles. The molecule has 1 aromatic heterocycles. The van der Waals surface area contributed by atoms with Crippen molar-refractivity contribution in [1.82, 2.24) is 36.1 Å². The summed E-state index contributed by atoms with van der Waals surface area (Å²) in [6.07, 6.45) is 3.07. The summed E-state index contributed by atoms with van der Waals surface area (Å²) in [5.41, 5.74) is 0.620. The third kappa shape index (κ3) is 9.78. The van der Waals surface area contributed by atoms with E-state index in [1.54, 1.807) is 65.0 Å². The monoisotopic (exact) mass is 737 g/mol. The maximum absolute atomic E-state index is 15.1. The second kappa shape index (κ2) is 18.0. The maximum atomic E-state index is 15.1. The fourth-order valence-electron chi connectivity index (χ4n) is 6.97. The van der Waals surface area contributed by atoms with Crippen LogP contribution in [-0.2, 0) is 35.2 Å². The molecule has 4 rings (SSSR count). The van der Waals surface area contributed by atoms with Crippen LogP contribution >= 0.6 is 0 Å². The first-order chi connectivity index (χ1) is 25.1. The zero-order valence-corrected chi connectivity index (χ0v) is 30.5. The van der Waals surface area contributed by atoms with E-state index in [1.807, 2.05) is 0 Å². The molecule has 1 aromatic carbocycles. The molecule has 0 spiro atoms. The number of carbonyl (C=O) groups is 7. The number of rotatable bonds is 16. The van der Waals surface area contributed by atoms with Crippen LogP contribution in [0.15, 0.2) is 48.9 Å². The Labute approximate surface area is 307 Å². The minimum Gasteiger partial charge on any atom is -0.480 e. The van der Waals surface area contributed by atoms with Gasteiger partial charge in [-0.3, -0.25) is 33.8 Å². The van der Waals surface area contributed by atoms with Gasteiger partial charge in [0.05, 0.1) is 12.2 Å². The number of carboxylic acids is 1. The third-order valence-electron chi connectivity index (χ3n) is 9.90. The number of likely N-dealkylation sites (tertiary alicyclic amines) is 1. The van der Waals surface area contributed by atoms with Crippen LogP contribution in [0.2, 0.25) is 0 Å². The fraction of sp³-hybridized carbons (Fsp3) is 0.541. The van der Waals surface area contributed by atoms with E-state index in [0.717, 1.165) is 0 Å². The number of alkyl halides is 1. The number of nitrogens with zero attached hydrogens (tertiary/aromatic N) is 3. The topological polar surface area (TPSA) is 217 Å². The van der Waals surface area contributed by atoms with Gasteiger partial charge in [0.25, 0.3) is 11.8 Å². The average Bonchev–Trinajstić information content (AvgIpc) is 3.70. The van der Waals surface area contributed by atoms with Crippen molar-refractivity contribution in [1.29, 1.82) is 0 Å². The molecule has 1 unspecified atom stereocenters. The smallest absolute Gasteiger partial charge is 0.326 e. The zero-order chi connectivity index (χ0) is 39.0. The van der Waals surface area contributed by atoms with Gasteiger partial charge in [-0.05, 0) is 42.6 Å². The van der Waals surface area contributed by atoms with Gasteiger partial charge in [0, 0.05) is 31.3 Å². The molecule has 16 heteroatoms. The van der Waals surface area contributed by atoms with Crippen LogP contribution in [0.4, 0.5) is 4.39 Å². The summed E-state index contributed by atoms with van der Waals surface area (Å²) >= 11 is 0. The lowest BCUT2D eigenvalue weighted by molar-refractivity contribution is -0.146. The molecule has 1 saturated carbocycles. The van der Waals surface area contributed by atoms with Gasteiger partial charge in [-0.2, -0.15) is 0 Å². The van der Waals surface area contributed by atoms with Crippen LogP contribution in [0.5, 0.6) is 0 Å². The van der Waals surface area contributed by atoms with Crippen LogP contribution in [0, 0.1) is 23.7 Å². The van der Waals surface area contributed by atoms with Crippen molar-refractivity contribution < 1.29 is 43.1 Å². The number of nitrogens with one attached hydrogen (secondary N) is 4. The molecular weight excluding hydrogens is 689 g/mol. The summed E-state index contributed by atoms with van der Waals surface area (Å²) < 4.78 is 15.1. The summed E-state index contributed by atoms with van der Waals surface area (Å²) in [5.74, 6) is -8.46. The highest BCUT2D eigenvalue weighted by molar-refractivity contribution is 6.38. The Bertz CT molecular complexity index is 1660. The van der Waals surface area contributed by atoms with E-state index in [2.05, 4.69) is 31.2 Å². The summed E-state index contributed by atoms with van der Waals surface area (Å²) in [5, 5.41) is 19.9. The molecule has 286 valence electrons. The molecule has 2 fully saturated rings. The van der Waals surface area contributed by atoms with Crippen molar-refractivity contribution in [2.75, 3.05) is 6.54 Å². The Morgan fingerprint density at radius 1 is 0.868 bits per heavy atom. The highest BCUT2D eigenvalue weighted by atomic mass is 19.1. The van der Waals surface area contributed by atoms with Crippen molar-refractivity contribution in [3.05, 3.63) is 60.2 Å². The van der Waals surface area contributed by atoms with Gasteiger partial charge in [-0.15, -0.1) is 0 Å². The van der Waals surface area contributed by atoms with Crippen molar-refractivity contribution in [2.45, 2.75) is 96.7 Å². The molecule has 0 bridgehead atoms. The van der Waals surface area contributed by atoms with Crippen LogP contribution in [0.3, 0.4) is 0 Å². The van der Waals surface area contributed by atoms with Crippen LogP contribution in [0.25, 0.3) is 0 Å². The van der Waals surface area contributed by atoms with Crippen molar-refractivity contribution >= 4 is 41.3 Å². The summed E-state index contributed by atoms with van der Waals surface area (Å²) in [6, 6.07) is 2.32. The number of ketones is 1. The number of Topliss-reactive ketones (excluding diaryl/α,β-unsaturated/α-hetero) is 1. The van der Waals surface area contributed by atoms with Crippen LogP contribution in [0.1, 0.15) is 69.9 Å². The first-order valence-corrected chi connectivity index (χ1v) is 17.9. The normalized spacial score (nSPS) is 21.5. The molecule has 1 aliphatic heterocycles. The highest BCUT2D eigenvalue weighted by Crippen LogP contribution is 2.44. The van der Waals surface area contributed by atoms with Gasteiger partial charge >= 0.3 is 5.97 Å². The molecule has 8 atom stereocenters. The first kappa shape index (κ1) is 40.5. The van der Waals surface area contributed by atoms with Gasteiger partial charge in [0.2, 0.25) is 23.5 Å². The van der Waals surface area contributed by atoms with E-state index in [4.69, 9.17) is 0 Å². The maximum Gasteiger partial charge on any atom is 0.326 e. The minimum atomic E-state index is -1.41. The lowest BCUT2D eigenvalue weighted by Crippen LogP contribution is -2.60. The number of carbonyl (C=O) groups excluding carboxylic acids is 6. The summed E-state index contributed by atoms with van der Waals surface area (Å²) in [7, 11) is 0. The number of hydrogen-bond donors (Lipinski definition) is 5. The number of hydrogen-bond acceptors (Lipinski definition) is 9. The molecule has 15 nitrogen and oxygen atoms in total. The molecule has 5 amide bonds. The number of carboxylic acid groups (broad SMARTS) is 1. The number of halogens is 1. The van der Waals surface area contributed by atoms with Gasteiger partial charge in [0.15, 0.2) is 0 Å². The standard InChI is InChI=1S/C37H48FN7O8/c1-6-25(31(46)35(50)42-26(37(52)53)16-21-10-8-7-9-11-21)41-34(49)30-22-12-13-24(38)23(22)18-45(30)36(51)29(20(4)5)44-33(48)28(19(2)3)43-32(47)27-17-39-14-15-40-27/h7-11,14-15,17,19-20,22-26,28-30H,6,12-13,16,18H2,1-5H3,(H,41,49)(H,42,50)(H,43,47)(H,44,48)(H,52,53)/t22-,23-,24+,25?,26-,28-,29-,30-/m0/s1. The molecule has 0 radical (unpaired) electrons. The fourth-order valence-corrected chi connectivity index (χ4v) is 6.97. The van der Waals surface area contributed by atoms with E-state index in [9.17, 15) is 38.7 Å². The Hall–Kier alpha value is -5.28. The molecule has 53 heavy (non-hydrogen) atoms. The Morgan fingerprint density at radius 3 is 2.13 bits per heavy atom. The molecule has 5 N–H and O–H groups in total. The van der Waals surface area contributed by atoms with E-state index >= 15 is 4.39 Å². The zero-order valence-electron chi connectivity index (χ0n) is 30.5. The third-order valence-corrected chi connectivity index (χ3v) is 9.90. The molecular formula is C37H48FN7O8. The van der Waals surface area contributed by atoms with Gasteiger partial charge in [-0.1, -0.05) is 65.0 Å². The predicted octanol–water partition coefficient (Wildman–Crippen LogP) is 1.22. The quantitative estimate of drug-likeness (QED) is 0.155. The average molecular weight is 738 g/mol. The predicted molar refractivity (Wildman–Crippen MR) is 188 cm³/mol. The van der Waals surface area contributed by atoms with E-state index < -0.39 is 101 Å². The van der Waals surface area contributed by atoms with Crippen LogP contribution in [-0.4, -0.2) is 104 Å². The molecule has 2 aromatic rings. The van der Waals surface area contributed by atoms with Crippen molar-refractivity contribution in [3.63, 3.8) is 0 Å². The lowest BCUT2D eigenvalue weighted by atomic mass is 9.92. The van der Waals surface area contributed by atoms with Crippen LogP contribution < -0.4 is 21.3 Å². The van der Waals surface area contributed by atoms with Crippen molar-refractivity contribution in [3.8, 4) is 0 Å². The number of aliphatic carboxylic acids is 1. The Kier molecular flexibility index (Phi) is 13.7. The number of fused-ring (bicyclic) bond motifs is 1. The number of benzene rings is 1. The molecule has 1 saturated heterocycles. The minimum absolute atomic E-state index is 0.00379. The number of aromatic nitrogens is 2. The first-order valence-electron chi connectivity index (χ1n) is 17.9. The van der Waals surface area contributed by atoms with E-state index in [-0.39, 0.29) is 31.5 Å². The number of amides is 5. The Morgan fingerprint density at radius 2 is 1.55 bits per heavy atom. The van der Waals surface area contributed by atoms with Gasteiger partial charge < -0.3 is 31.3 Å². The lowest BCUT2D eigenvalue weighted by Gasteiger charge is -2.33. The van der Waals surface area contributed by atoms with E-state index in [1.165, 1.54) is 23.5 Å². The highest BCUT2D eigenvalue weighted by Gasteiger charge is 2.55. The largest absolute Gasteiger partial charge is 0.480 e. The molecule has 2 heterocycles. The molecule has 2 aliphatic rings. The summed E-state index contributed by atoms with van der Waals surface area (Å²) in [6.45, 7) is 8.27. The van der Waals surface area contributed by atoms with Crippen molar-refractivity contribution in [2.24, 2.45) is 23.7 Å². The van der Waals surface area contributed by atoms with Gasteiger partial charge in [-0.25, -0.2) is 14.2 Å². The van der Waals surface area contributed by atoms with Gasteiger partial charge in [0.1, 0.15) is 36.0 Å². The second-order valence-electron chi connectivity index (χ2n) is 14.3. The SMILES string of the molecule is CCC(NC(=O)[C@@H]1[C@H]2CC[C@@H](F)[C@H]2CN1C(=O)[C@@H](NC(=O)[C@@H](NC(=O)c1cnccn1)C(C)C)C(C)C)C(=O)C(=O)N[C@@H](Cc1ccccc1)C(=O)O. The Balaban J connectivity index is 1.50. The second-order valence-corrected chi connectivity index (χ2v) is 14.3. The summed E-state index contributed by atoms with van der Waals surface area (Å²) in [4.78, 5) is 102. The van der Waals surface area contributed by atoms with E-state index in [0.29, 0.717) is 12.0 Å².